The molecule has 3 aromatic rings. The van der Waals surface area contributed by atoms with Gasteiger partial charge >= 0.3 is 0 Å². The average molecular weight is 277 g/mol. The highest BCUT2D eigenvalue weighted by Crippen LogP contribution is 2.43. The van der Waals surface area contributed by atoms with Gasteiger partial charge in [0.1, 0.15) is 0 Å². The van der Waals surface area contributed by atoms with Crippen molar-refractivity contribution in [1.29, 1.82) is 0 Å². The number of fused-ring (bicyclic) bond motifs is 3. The molecule has 0 unspecified atom stereocenters. The van der Waals surface area contributed by atoms with Crippen molar-refractivity contribution in [3.63, 3.8) is 0 Å². The third-order valence-corrected chi connectivity index (χ3v) is 4.43. The fourth-order valence-corrected chi connectivity index (χ4v) is 3.36. The first-order chi connectivity index (χ1) is 9.84. The molecule has 0 fully saturated rings. The van der Waals surface area contributed by atoms with Crippen molar-refractivity contribution in [2.24, 2.45) is 0 Å². The number of rotatable bonds is 1. The summed E-state index contributed by atoms with van der Waals surface area (Å²) < 4.78 is 0. The van der Waals surface area contributed by atoms with Crippen molar-refractivity contribution in [3.05, 3.63) is 82.9 Å². The Kier molecular flexibility index (Phi) is 2.64. The summed E-state index contributed by atoms with van der Waals surface area (Å²) in [5.74, 6) is 0. The summed E-state index contributed by atoms with van der Waals surface area (Å²) in [6.07, 6.45) is 0.936. The topological polar surface area (TPSA) is 0 Å². The molecule has 0 aliphatic heterocycles. The van der Waals surface area contributed by atoms with Crippen LogP contribution in [0.3, 0.4) is 0 Å². The second-order valence-corrected chi connectivity index (χ2v) is 5.53. The minimum absolute atomic E-state index is 0.893. The van der Waals surface area contributed by atoms with Crippen LogP contribution in [0.2, 0.25) is 5.02 Å². The van der Waals surface area contributed by atoms with Gasteiger partial charge in [-0.15, -0.1) is 0 Å². The van der Waals surface area contributed by atoms with Crippen LogP contribution in [0.15, 0.2) is 66.7 Å². The van der Waals surface area contributed by atoms with Crippen LogP contribution in [0.4, 0.5) is 0 Å². The van der Waals surface area contributed by atoms with E-state index in [1.807, 2.05) is 18.2 Å². The van der Waals surface area contributed by atoms with E-state index < -0.39 is 0 Å². The SMILES string of the molecule is Clc1c(-c2ccccc2)ccc2c1Cc1ccccc1-2. The van der Waals surface area contributed by atoms with Gasteiger partial charge in [-0.3, -0.25) is 0 Å². The molecule has 96 valence electrons. The van der Waals surface area contributed by atoms with E-state index in [9.17, 15) is 0 Å². The second-order valence-electron chi connectivity index (χ2n) is 5.15. The Labute approximate surface area is 123 Å². The standard InChI is InChI=1S/C19H13Cl/c20-19-16(13-6-2-1-3-7-13)10-11-17-15-9-5-4-8-14(15)12-18(17)19/h1-11H,12H2. The fraction of sp³-hybridized carbons (Fsp3) is 0.0526. The van der Waals surface area contributed by atoms with Crippen LogP contribution in [0.1, 0.15) is 11.1 Å². The van der Waals surface area contributed by atoms with Crippen molar-refractivity contribution in [1.82, 2.24) is 0 Å². The van der Waals surface area contributed by atoms with Gasteiger partial charge in [0.25, 0.3) is 0 Å². The molecule has 0 aromatic heterocycles. The Bertz CT molecular complexity index is 788. The van der Waals surface area contributed by atoms with Crippen molar-refractivity contribution in [2.45, 2.75) is 6.42 Å². The van der Waals surface area contributed by atoms with Crippen LogP contribution in [-0.2, 0) is 6.42 Å². The van der Waals surface area contributed by atoms with Crippen LogP contribution in [0.25, 0.3) is 22.3 Å². The Morgan fingerprint density at radius 3 is 2.20 bits per heavy atom. The van der Waals surface area contributed by atoms with Gasteiger partial charge in [-0.1, -0.05) is 78.3 Å². The number of benzene rings is 3. The van der Waals surface area contributed by atoms with E-state index in [0.717, 1.165) is 17.0 Å². The summed E-state index contributed by atoms with van der Waals surface area (Å²) in [6.45, 7) is 0. The average Bonchev–Trinajstić information content (AvgIpc) is 2.88. The van der Waals surface area contributed by atoms with Gasteiger partial charge in [-0.2, -0.15) is 0 Å². The Hall–Kier alpha value is -2.05. The highest BCUT2D eigenvalue weighted by molar-refractivity contribution is 6.34. The van der Waals surface area contributed by atoms with Crippen LogP contribution < -0.4 is 0 Å². The van der Waals surface area contributed by atoms with E-state index in [2.05, 4.69) is 48.5 Å². The minimum Gasteiger partial charge on any atom is -0.0833 e. The summed E-state index contributed by atoms with van der Waals surface area (Å²) in [5.41, 5.74) is 7.54. The van der Waals surface area contributed by atoms with Gasteiger partial charge in [0.05, 0.1) is 5.02 Å². The van der Waals surface area contributed by atoms with Gasteiger partial charge < -0.3 is 0 Å². The first-order valence-corrected chi connectivity index (χ1v) is 7.17. The smallest absolute Gasteiger partial charge is 0.0525 e. The lowest BCUT2D eigenvalue weighted by Gasteiger charge is -2.09. The third kappa shape index (κ3) is 1.69. The maximum atomic E-state index is 6.68. The molecule has 3 aromatic carbocycles. The van der Waals surface area contributed by atoms with Gasteiger partial charge in [0.15, 0.2) is 0 Å². The molecular formula is C19H13Cl. The molecule has 0 radical (unpaired) electrons. The predicted octanol–water partition coefficient (Wildman–Crippen LogP) is 5.58. The zero-order chi connectivity index (χ0) is 13.5. The van der Waals surface area contributed by atoms with Gasteiger partial charge in [0.2, 0.25) is 0 Å². The molecule has 20 heavy (non-hydrogen) atoms. The molecule has 0 heterocycles. The van der Waals surface area contributed by atoms with Gasteiger partial charge in [-0.05, 0) is 27.8 Å². The first kappa shape index (κ1) is 11.7. The quantitative estimate of drug-likeness (QED) is 0.426. The number of hydrogen-bond donors (Lipinski definition) is 0. The monoisotopic (exact) mass is 276 g/mol. The van der Waals surface area contributed by atoms with Crippen LogP contribution in [0.5, 0.6) is 0 Å². The summed E-state index contributed by atoms with van der Waals surface area (Å²) in [7, 11) is 0. The Morgan fingerprint density at radius 2 is 1.35 bits per heavy atom. The fourth-order valence-electron chi connectivity index (χ4n) is 3.01. The van der Waals surface area contributed by atoms with E-state index >= 15 is 0 Å². The van der Waals surface area contributed by atoms with E-state index in [0.29, 0.717) is 0 Å². The largest absolute Gasteiger partial charge is 0.0833 e. The molecule has 1 aliphatic rings. The lowest BCUT2D eigenvalue weighted by molar-refractivity contribution is 1.26. The maximum absolute atomic E-state index is 6.68. The van der Waals surface area contributed by atoms with Crippen LogP contribution >= 0.6 is 11.6 Å². The van der Waals surface area contributed by atoms with Crippen molar-refractivity contribution in [3.8, 4) is 22.3 Å². The summed E-state index contributed by atoms with van der Waals surface area (Å²) >= 11 is 6.68. The molecule has 4 rings (SSSR count). The molecule has 0 N–H and O–H groups in total. The number of hydrogen-bond acceptors (Lipinski definition) is 0. The third-order valence-electron chi connectivity index (χ3n) is 4.00. The first-order valence-electron chi connectivity index (χ1n) is 6.79. The lowest BCUT2D eigenvalue weighted by atomic mass is 9.99. The van der Waals surface area contributed by atoms with Crippen LogP contribution in [0, 0.1) is 0 Å². The Balaban J connectivity index is 1.91. The van der Waals surface area contributed by atoms with E-state index in [4.69, 9.17) is 11.6 Å². The highest BCUT2D eigenvalue weighted by atomic mass is 35.5. The molecule has 1 heteroatoms. The maximum Gasteiger partial charge on any atom is 0.0525 e. The second kappa shape index (κ2) is 4.50. The van der Waals surface area contributed by atoms with Crippen molar-refractivity contribution >= 4 is 11.6 Å². The van der Waals surface area contributed by atoms with E-state index in [1.165, 1.54) is 27.8 Å². The molecule has 0 nitrogen and oxygen atoms in total. The highest BCUT2D eigenvalue weighted by Gasteiger charge is 2.22. The van der Waals surface area contributed by atoms with Gasteiger partial charge in [0, 0.05) is 12.0 Å². The normalized spacial score (nSPS) is 12.1. The summed E-state index contributed by atoms with van der Waals surface area (Å²) in [4.78, 5) is 0. The molecule has 0 spiro atoms. The van der Waals surface area contributed by atoms with Crippen molar-refractivity contribution in [2.75, 3.05) is 0 Å². The molecule has 0 amide bonds. The molecule has 1 aliphatic carbocycles. The molecule has 0 bridgehead atoms. The zero-order valence-corrected chi connectivity index (χ0v) is 11.7. The van der Waals surface area contributed by atoms with Crippen molar-refractivity contribution < 1.29 is 0 Å². The van der Waals surface area contributed by atoms with E-state index in [1.54, 1.807) is 0 Å². The van der Waals surface area contributed by atoms with Gasteiger partial charge in [-0.25, -0.2) is 0 Å². The predicted molar refractivity (Wildman–Crippen MR) is 85.1 cm³/mol. The minimum atomic E-state index is 0.893. The zero-order valence-electron chi connectivity index (χ0n) is 10.9. The summed E-state index contributed by atoms with van der Waals surface area (Å²) in [6, 6.07) is 23.2. The molecule has 0 saturated carbocycles. The molecule has 0 atom stereocenters. The molecular weight excluding hydrogens is 264 g/mol. The molecule has 0 saturated heterocycles. The summed E-state index contributed by atoms with van der Waals surface area (Å²) in [5, 5.41) is 0.893. The Morgan fingerprint density at radius 1 is 0.650 bits per heavy atom. The van der Waals surface area contributed by atoms with Crippen LogP contribution in [-0.4, -0.2) is 0 Å². The van der Waals surface area contributed by atoms with E-state index in [-0.39, 0.29) is 0 Å². The number of halogens is 1. The lowest BCUT2D eigenvalue weighted by Crippen LogP contribution is -1.87.